The third-order valence-corrected chi connectivity index (χ3v) is 6.67. The Kier molecular flexibility index (Phi) is 8.74. The molecule has 0 saturated carbocycles. The summed E-state index contributed by atoms with van der Waals surface area (Å²) in [5, 5.41) is 3.40. The normalized spacial score (nSPS) is 20.6. The zero-order chi connectivity index (χ0) is 20.3. The van der Waals surface area contributed by atoms with Crippen LogP contribution in [0.15, 0.2) is 30.3 Å². The molecule has 5 rings (SSSR count). The van der Waals surface area contributed by atoms with Crippen molar-refractivity contribution in [1.29, 1.82) is 0 Å². The van der Waals surface area contributed by atoms with E-state index in [1.54, 1.807) is 0 Å². The summed E-state index contributed by atoms with van der Waals surface area (Å²) in [5.74, 6) is 2.30. The summed E-state index contributed by atoms with van der Waals surface area (Å²) in [6, 6.07) is 10.3. The Morgan fingerprint density at radius 3 is 2.62 bits per heavy atom. The largest absolute Gasteiger partial charge is 0.355 e. The molecule has 1 aliphatic carbocycles. The molecule has 32 heavy (non-hydrogen) atoms. The number of halogens is 2. The standard InChI is InChI=1S/C24H31N5O.2ClH/c30-24(28-15-6-12-25-13-16-28)19-9-5-14-29(17-19)23-20-10-4-11-21(20)26-22(27-23)18-7-2-1-3-8-18;;/h1-3,7-8,19,25H,4-6,9-17H2;2*1H. The summed E-state index contributed by atoms with van der Waals surface area (Å²) in [6.45, 7) is 5.38. The molecule has 1 N–H and O–H groups in total. The van der Waals surface area contributed by atoms with Crippen LogP contribution in [0.2, 0.25) is 0 Å². The number of carbonyl (C=O) groups is 1. The van der Waals surface area contributed by atoms with Crippen LogP contribution in [0.4, 0.5) is 5.82 Å². The van der Waals surface area contributed by atoms with Gasteiger partial charge in [-0.1, -0.05) is 30.3 Å². The first-order chi connectivity index (χ1) is 14.8. The molecule has 1 atom stereocenters. The summed E-state index contributed by atoms with van der Waals surface area (Å²) >= 11 is 0. The fourth-order valence-corrected chi connectivity index (χ4v) is 5.09. The van der Waals surface area contributed by atoms with E-state index in [9.17, 15) is 4.79 Å². The predicted molar refractivity (Wildman–Crippen MR) is 133 cm³/mol. The number of aryl methyl sites for hydroxylation is 1. The maximum atomic E-state index is 13.2. The van der Waals surface area contributed by atoms with Gasteiger partial charge in [0.1, 0.15) is 5.82 Å². The minimum atomic E-state index is 0. The third kappa shape index (κ3) is 5.19. The highest BCUT2D eigenvalue weighted by atomic mass is 35.5. The van der Waals surface area contributed by atoms with Crippen molar-refractivity contribution in [2.75, 3.05) is 44.2 Å². The molecule has 174 valence electrons. The van der Waals surface area contributed by atoms with Crippen LogP contribution >= 0.6 is 24.8 Å². The smallest absolute Gasteiger partial charge is 0.227 e. The van der Waals surface area contributed by atoms with Crippen molar-refractivity contribution in [2.45, 2.75) is 38.5 Å². The van der Waals surface area contributed by atoms with E-state index < -0.39 is 0 Å². The lowest BCUT2D eigenvalue weighted by molar-refractivity contribution is -0.135. The first-order valence-electron chi connectivity index (χ1n) is 11.5. The lowest BCUT2D eigenvalue weighted by atomic mass is 9.96. The Bertz CT molecular complexity index is 903. The van der Waals surface area contributed by atoms with E-state index in [1.807, 2.05) is 18.2 Å². The van der Waals surface area contributed by atoms with Gasteiger partial charge in [0, 0.05) is 49.5 Å². The van der Waals surface area contributed by atoms with E-state index in [1.165, 1.54) is 11.3 Å². The first-order valence-corrected chi connectivity index (χ1v) is 11.5. The Morgan fingerprint density at radius 1 is 0.938 bits per heavy atom. The second-order valence-corrected chi connectivity index (χ2v) is 8.73. The topological polar surface area (TPSA) is 61.4 Å². The molecule has 3 heterocycles. The Hall–Kier alpha value is -1.89. The number of aromatic nitrogens is 2. The van der Waals surface area contributed by atoms with Crippen molar-refractivity contribution in [3.63, 3.8) is 0 Å². The van der Waals surface area contributed by atoms with Crippen molar-refractivity contribution in [3.8, 4) is 11.4 Å². The van der Waals surface area contributed by atoms with Crippen molar-refractivity contribution < 1.29 is 4.79 Å². The van der Waals surface area contributed by atoms with Gasteiger partial charge < -0.3 is 15.1 Å². The van der Waals surface area contributed by atoms with Gasteiger partial charge in [0.25, 0.3) is 0 Å². The van der Waals surface area contributed by atoms with Crippen LogP contribution in [-0.2, 0) is 17.6 Å². The quantitative estimate of drug-likeness (QED) is 0.732. The van der Waals surface area contributed by atoms with Crippen LogP contribution in [-0.4, -0.2) is 60.0 Å². The molecule has 1 unspecified atom stereocenters. The summed E-state index contributed by atoms with van der Waals surface area (Å²) in [5.41, 5.74) is 3.57. The van der Waals surface area contributed by atoms with Crippen LogP contribution in [0.25, 0.3) is 11.4 Å². The number of hydrogen-bond donors (Lipinski definition) is 1. The Balaban J connectivity index is 0.00000144. The molecule has 2 saturated heterocycles. The van der Waals surface area contributed by atoms with E-state index >= 15 is 0 Å². The summed E-state index contributed by atoms with van der Waals surface area (Å²) in [7, 11) is 0. The highest BCUT2D eigenvalue weighted by molar-refractivity contribution is 5.85. The second-order valence-electron chi connectivity index (χ2n) is 8.73. The SMILES string of the molecule is Cl.Cl.O=C(C1CCCN(c2nc(-c3ccccc3)nc3c2CCC3)C1)N1CCCNCC1. The van der Waals surface area contributed by atoms with E-state index in [4.69, 9.17) is 9.97 Å². The zero-order valence-electron chi connectivity index (χ0n) is 18.5. The first kappa shape index (κ1) is 24.7. The number of piperidine rings is 1. The number of amides is 1. The zero-order valence-corrected chi connectivity index (χ0v) is 20.1. The van der Waals surface area contributed by atoms with Crippen molar-refractivity contribution in [2.24, 2.45) is 5.92 Å². The Labute approximate surface area is 203 Å². The van der Waals surface area contributed by atoms with Gasteiger partial charge in [-0.3, -0.25) is 4.79 Å². The highest BCUT2D eigenvalue weighted by Gasteiger charge is 2.32. The number of nitrogens with one attached hydrogen (secondary N) is 1. The van der Waals surface area contributed by atoms with Gasteiger partial charge in [0.15, 0.2) is 5.82 Å². The Morgan fingerprint density at radius 2 is 1.78 bits per heavy atom. The molecular formula is C24H33Cl2N5O. The predicted octanol–water partition coefficient (Wildman–Crippen LogP) is 3.51. The molecule has 2 aliphatic heterocycles. The monoisotopic (exact) mass is 477 g/mol. The fourth-order valence-electron chi connectivity index (χ4n) is 5.09. The lowest BCUT2D eigenvalue weighted by Crippen LogP contribution is -2.46. The van der Waals surface area contributed by atoms with Gasteiger partial charge in [0.05, 0.1) is 5.92 Å². The van der Waals surface area contributed by atoms with Gasteiger partial charge in [-0.05, 0) is 45.1 Å². The van der Waals surface area contributed by atoms with Crippen molar-refractivity contribution in [3.05, 3.63) is 41.6 Å². The summed E-state index contributed by atoms with van der Waals surface area (Å²) < 4.78 is 0. The molecule has 1 aromatic carbocycles. The van der Waals surface area contributed by atoms with E-state index in [0.29, 0.717) is 5.91 Å². The number of carbonyl (C=O) groups excluding carboxylic acids is 1. The maximum Gasteiger partial charge on any atom is 0.227 e. The number of hydrogen-bond acceptors (Lipinski definition) is 5. The number of benzene rings is 1. The molecular weight excluding hydrogens is 445 g/mol. The molecule has 0 radical (unpaired) electrons. The average Bonchev–Trinajstić information content (AvgIpc) is 3.11. The highest BCUT2D eigenvalue weighted by Crippen LogP contribution is 2.33. The van der Waals surface area contributed by atoms with Crippen LogP contribution in [0.5, 0.6) is 0 Å². The van der Waals surface area contributed by atoms with Crippen LogP contribution in [0, 0.1) is 5.92 Å². The summed E-state index contributed by atoms with van der Waals surface area (Å²) in [6.07, 6.45) is 6.29. The maximum absolute atomic E-state index is 13.2. The molecule has 0 spiro atoms. The average molecular weight is 478 g/mol. The molecule has 0 bridgehead atoms. The van der Waals surface area contributed by atoms with Gasteiger partial charge in [-0.25, -0.2) is 9.97 Å². The van der Waals surface area contributed by atoms with Gasteiger partial charge >= 0.3 is 0 Å². The van der Waals surface area contributed by atoms with Gasteiger partial charge in [0.2, 0.25) is 5.91 Å². The number of anilines is 1. The van der Waals surface area contributed by atoms with E-state index in [0.717, 1.165) is 95.0 Å². The molecule has 1 aromatic heterocycles. The van der Waals surface area contributed by atoms with Crippen molar-refractivity contribution >= 4 is 36.5 Å². The third-order valence-electron chi connectivity index (χ3n) is 6.67. The molecule has 8 heteroatoms. The van der Waals surface area contributed by atoms with Crippen LogP contribution in [0.3, 0.4) is 0 Å². The minimum absolute atomic E-state index is 0. The molecule has 6 nitrogen and oxygen atoms in total. The van der Waals surface area contributed by atoms with Gasteiger partial charge in [-0.2, -0.15) is 0 Å². The lowest BCUT2D eigenvalue weighted by Gasteiger charge is -2.36. The molecule has 2 aromatic rings. The van der Waals surface area contributed by atoms with Gasteiger partial charge in [-0.15, -0.1) is 24.8 Å². The molecule has 2 fully saturated rings. The van der Waals surface area contributed by atoms with Crippen LogP contribution < -0.4 is 10.2 Å². The van der Waals surface area contributed by atoms with Crippen LogP contribution in [0.1, 0.15) is 36.9 Å². The number of nitrogens with zero attached hydrogens (tertiary/aromatic N) is 4. The summed E-state index contributed by atoms with van der Waals surface area (Å²) in [4.78, 5) is 27.6. The van der Waals surface area contributed by atoms with E-state index in [-0.39, 0.29) is 30.7 Å². The second kappa shape index (κ2) is 11.3. The van der Waals surface area contributed by atoms with Crippen molar-refractivity contribution in [1.82, 2.24) is 20.2 Å². The fraction of sp³-hybridized carbons (Fsp3) is 0.542. The van der Waals surface area contributed by atoms with E-state index in [2.05, 4.69) is 27.2 Å². The number of rotatable bonds is 3. The molecule has 1 amide bonds. The minimum Gasteiger partial charge on any atom is -0.355 e. The number of fused-ring (bicyclic) bond motifs is 1. The molecule has 3 aliphatic rings.